The summed E-state index contributed by atoms with van der Waals surface area (Å²) in [6.07, 6.45) is 6.29. The lowest BCUT2D eigenvalue weighted by molar-refractivity contribution is -0.140. The molecular weight excluding hydrogens is 164 g/mol. The van der Waals surface area contributed by atoms with Gasteiger partial charge in [-0.15, -0.1) is 0 Å². The molecule has 0 saturated carbocycles. The standard InChI is InChI=1S/C11H18O2/c1-9(2)8-13-11(12)10-6-4-3-5-7-10/h6,9H,3-5,7-8H2,1-2H3. The molecule has 0 N–H and O–H groups in total. The first-order chi connectivity index (χ1) is 6.20. The van der Waals surface area contributed by atoms with Crippen molar-refractivity contribution in [1.82, 2.24) is 0 Å². The Morgan fingerprint density at radius 2 is 2.31 bits per heavy atom. The van der Waals surface area contributed by atoms with Gasteiger partial charge in [-0.25, -0.2) is 4.79 Å². The molecule has 0 heterocycles. The molecule has 0 amide bonds. The summed E-state index contributed by atoms with van der Waals surface area (Å²) in [6.45, 7) is 4.63. The highest BCUT2D eigenvalue weighted by atomic mass is 16.5. The average Bonchev–Trinajstić information content (AvgIpc) is 2.15. The van der Waals surface area contributed by atoms with Crippen LogP contribution in [-0.2, 0) is 9.53 Å². The maximum atomic E-state index is 11.4. The topological polar surface area (TPSA) is 26.3 Å². The Hall–Kier alpha value is -0.790. The minimum atomic E-state index is -0.103. The smallest absolute Gasteiger partial charge is 0.333 e. The van der Waals surface area contributed by atoms with Crippen molar-refractivity contribution in [2.45, 2.75) is 39.5 Å². The van der Waals surface area contributed by atoms with Crippen molar-refractivity contribution in [2.75, 3.05) is 6.61 Å². The van der Waals surface area contributed by atoms with Crippen molar-refractivity contribution in [3.8, 4) is 0 Å². The largest absolute Gasteiger partial charge is 0.462 e. The van der Waals surface area contributed by atoms with Gasteiger partial charge < -0.3 is 4.74 Å². The van der Waals surface area contributed by atoms with Gasteiger partial charge in [0.1, 0.15) is 0 Å². The monoisotopic (exact) mass is 182 g/mol. The SMILES string of the molecule is CC(C)COC(=O)C1=CCCCC1. The number of carbonyl (C=O) groups is 1. The molecule has 2 heteroatoms. The van der Waals surface area contributed by atoms with Crippen LogP contribution in [0.2, 0.25) is 0 Å². The zero-order valence-electron chi connectivity index (χ0n) is 8.51. The van der Waals surface area contributed by atoms with E-state index in [1.54, 1.807) is 0 Å². The number of hydrogen-bond acceptors (Lipinski definition) is 2. The average molecular weight is 182 g/mol. The van der Waals surface area contributed by atoms with E-state index in [0.717, 1.165) is 24.8 Å². The summed E-state index contributed by atoms with van der Waals surface area (Å²) in [6, 6.07) is 0. The maximum absolute atomic E-state index is 11.4. The predicted octanol–water partition coefficient (Wildman–Crippen LogP) is 2.69. The predicted molar refractivity (Wildman–Crippen MR) is 52.3 cm³/mol. The summed E-state index contributed by atoms with van der Waals surface area (Å²) in [5, 5.41) is 0. The van der Waals surface area contributed by atoms with E-state index in [9.17, 15) is 4.79 Å². The molecule has 74 valence electrons. The fraction of sp³-hybridized carbons (Fsp3) is 0.727. The third-order valence-corrected chi connectivity index (χ3v) is 2.10. The van der Waals surface area contributed by atoms with E-state index in [1.165, 1.54) is 6.42 Å². The third kappa shape index (κ3) is 3.62. The number of ether oxygens (including phenoxy) is 1. The van der Waals surface area contributed by atoms with Crippen LogP contribution in [0.1, 0.15) is 39.5 Å². The van der Waals surface area contributed by atoms with Crippen LogP contribution in [-0.4, -0.2) is 12.6 Å². The molecule has 1 aliphatic rings. The quantitative estimate of drug-likeness (QED) is 0.627. The number of hydrogen-bond donors (Lipinski definition) is 0. The van der Waals surface area contributed by atoms with Crippen LogP contribution in [0.3, 0.4) is 0 Å². The Labute approximate surface area is 80.0 Å². The molecule has 0 saturated heterocycles. The van der Waals surface area contributed by atoms with Crippen molar-refractivity contribution in [3.05, 3.63) is 11.6 Å². The van der Waals surface area contributed by atoms with Gasteiger partial charge in [0.2, 0.25) is 0 Å². The Morgan fingerprint density at radius 3 is 2.85 bits per heavy atom. The lowest BCUT2D eigenvalue weighted by atomic mass is 10.00. The molecular formula is C11H18O2. The fourth-order valence-corrected chi connectivity index (χ4v) is 1.36. The number of allylic oxidation sites excluding steroid dienone is 1. The molecule has 0 atom stereocenters. The van der Waals surface area contributed by atoms with Gasteiger partial charge in [0.25, 0.3) is 0 Å². The second-order valence-electron chi connectivity index (χ2n) is 3.97. The zero-order chi connectivity index (χ0) is 9.68. The molecule has 0 bridgehead atoms. The first-order valence-electron chi connectivity index (χ1n) is 5.06. The molecule has 13 heavy (non-hydrogen) atoms. The van der Waals surface area contributed by atoms with E-state index in [4.69, 9.17) is 4.74 Å². The summed E-state index contributed by atoms with van der Waals surface area (Å²) < 4.78 is 5.14. The van der Waals surface area contributed by atoms with Crippen molar-refractivity contribution >= 4 is 5.97 Å². The normalized spacial score (nSPS) is 17.0. The molecule has 0 aliphatic heterocycles. The second kappa shape index (κ2) is 5.05. The van der Waals surface area contributed by atoms with Crippen molar-refractivity contribution < 1.29 is 9.53 Å². The first-order valence-corrected chi connectivity index (χ1v) is 5.06. The van der Waals surface area contributed by atoms with Gasteiger partial charge in [-0.05, 0) is 31.6 Å². The van der Waals surface area contributed by atoms with Crippen LogP contribution in [0.25, 0.3) is 0 Å². The van der Waals surface area contributed by atoms with Gasteiger partial charge in [0.05, 0.1) is 6.61 Å². The Morgan fingerprint density at radius 1 is 1.54 bits per heavy atom. The maximum Gasteiger partial charge on any atom is 0.333 e. The lowest BCUT2D eigenvalue weighted by Crippen LogP contribution is -2.13. The molecule has 0 aromatic heterocycles. The number of esters is 1. The molecule has 0 aromatic rings. The van der Waals surface area contributed by atoms with Gasteiger partial charge in [-0.1, -0.05) is 19.9 Å². The summed E-state index contributed by atoms with van der Waals surface area (Å²) >= 11 is 0. The lowest BCUT2D eigenvalue weighted by Gasteiger charge is -2.12. The van der Waals surface area contributed by atoms with Crippen LogP contribution >= 0.6 is 0 Å². The third-order valence-electron chi connectivity index (χ3n) is 2.10. The Kier molecular flexibility index (Phi) is 4.00. The summed E-state index contributed by atoms with van der Waals surface area (Å²) in [5.41, 5.74) is 0.881. The fourth-order valence-electron chi connectivity index (χ4n) is 1.36. The Balaban J connectivity index is 2.34. The van der Waals surface area contributed by atoms with Crippen molar-refractivity contribution in [3.63, 3.8) is 0 Å². The van der Waals surface area contributed by atoms with Gasteiger partial charge >= 0.3 is 5.97 Å². The Bertz CT molecular complexity index is 204. The highest BCUT2D eigenvalue weighted by molar-refractivity contribution is 5.88. The van der Waals surface area contributed by atoms with Crippen LogP contribution in [0.4, 0.5) is 0 Å². The van der Waals surface area contributed by atoms with Gasteiger partial charge in [0, 0.05) is 5.57 Å². The van der Waals surface area contributed by atoms with E-state index in [0.29, 0.717) is 12.5 Å². The highest BCUT2D eigenvalue weighted by Gasteiger charge is 2.13. The molecule has 2 nitrogen and oxygen atoms in total. The number of carbonyl (C=O) groups excluding carboxylic acids is 1. The highest BCUT2D eigenvalue weighted by Crippen LogP contribution is 2.18. The van der Waals surface area contributed by atoms with E-state index >= 15 is 0 Å². The molecule has 0 fully saturated rings. The van der Waals surface area contributed by atoms with Crippen molar-refractivity contribution in [2.24, 2.45) is 5.92 Å². The van der Waals surface area contributed by atoms with E-state index in [1.807, 2.05) is 19.9 Å². The zero-order valence-corrected chi connectivity index (χ0v) is 8.51. The van der Waals surface area contributed by atoms with E-state index in [2.05, 4.69) is 0 Å². The van der Waals surface area contributed by atoms with Crippen LogP contribution in [0.15, 0.2) is 11.6 Å². The van der Waals surface area contributed by atoms with E-state index < -0.39 is 0 Å². The molecule has 0 unspecified atom stereocenters. The van der Waals surface area contributed by atoms with Crippen LogP contribution in [0.5, 0.6) is 0 Å². The van der Waals surface area contributed by atoms with Crippen molar-refractivity contribution in [1.29, 1.82) is 0 Å². The molecule has 0 aromatic carbocycles. The second-order valence-corrected chi connectivity index (χ2v) is 3.97. The minimum absolute atomic E-state index is 0.103. The van der Waals surface area contributed by atoms with Gasteiger partial charge in [-0.3, -0.25) is 0 Å². The summed E-state index contributed by atoms with van der Waals surface area (Å²) in [5.74, 6) is 0.321. The number of rotatable bonds is 3. The summed E-state index contributed by atoms with van der Waals surface area (Å²) in [7, 11) is 0. The summed E-state index contributed by atoms with van der Waals surface area (Å²) in [4.78, 5) is 11.4. The van der Waals surface area contributed by atoms with Gasteiger partial charge in [0.15, 0.2) is 0 Å². The van der Waals surface area contributed by atoms with Gasteiger partial charge in [-0.2, -0.15) is 0 Å². The van der Waals surface area contributed by atoms with Crippen LogP contribution in [0, 0.1) is 5.92 Å². The molecule has 0 spiro atoms. The van der Waals surface area contributed by atoms with E-state index in [-0.39, 0.29) is 5.97 Å². The first kappa shape index (κ1) is 10.3. The minimum Gasteiger partial charge on any atom is -0.462 e. The van der Waals surface area contributed by atoms with Crippen LogP contribution < -0.4 is 0 Å². The molecule has 0 radical (unpaired) electrons. The molecule has 1 aliphatic carbocycles. The molecule has 1 rings (SSSR count).